The first-order valence-electron chi connectivity index (χ1n) is 8.11. The van der Waals surface area contributed by atoms with E-state index >= 15 is 0 Å². The smallest absolute Gasteiger partial charge is 0.289 e. The molecule has 0 unspecified atom stereocenters. The predicted molar refractivity (Wildman–Crippen MR) is 78.7 cm³/mol. The summed E-state index contributed by atoms with van der Waals surface area (Å²) in [6.45, 7) is 4.84. The lowest BCUT2D eigenvalue weighted by Crippen LogP contribution is -2.52. The van der Waals surface area contributed by atoms with E-state index in [4.69, 9.17) is 13.9 Å². The summed E-state index contributed by atoms with van der Waals surface area (Å²) in [5.74, 6) is 0.365. The second-order valence-electron chi connectivity index (χ2n) is 6.29. The molecule has 0 aromatic carbocycles. The quantitative estimate of drug-likeness (QED) is 0.833. The number of rotatable bonds is 3. The van der Waals surface area contributed by atoms with E-state index in [1.807, 2.05) is 4.90 Å². The number of nitrogens with zero attached hydrogens (tertiary/aromatic N) is 2. The van der Waals surface area contributed by atoms with Crippen LogP contribution in [0.4, 0.5) is 0 Å². The molecule has 3 atom stereocenters. The minimum atomic E-state index is -0.0416. The van der Waals surface area contributed by atoms with Crippen LogP contribution in [0.2, 0.25) is 0 Å². The SMILES string of the molecule is O=C(c1ccco1)N1C[C@@H]2OCCN(C[C@H]3CCCO3)[C@@H]2C1. The average Bonchev–Trinajstić information content (AvgIpc) is 3.28. The van der Waals surface area contributed by atoms with E-state index in [0.29, 0.717) is 25.0 Å². The van der Waals surface area contributed by atoms with Crippen LogP contribution in [-0.4, -0.2) is 73.3 Å². The van der Waals surface area contributed by atoms with E-state index in [1.165, 1.54) is 6.26 Å². The molecule has 1 aromatic rings. The molecule has 3 aliphatic rings. The lowest BCUT2D eigenvalue weighted by atomic mass is 10.1. The zero-order valence-electron chi connectivity index (χ0n) is 12.6. The monoisotopic (exact) mass is 306 g/mol. The third kappa shape index (κ3) is 2.66. The molecule has 1 aromatic heterocycles. The Hall–Kier alpha value is -1.37. The number of likely N-dealkylation sites (tertiary alicyclic amines) is 1. The highest BCUT2D eigenvalue weighted by atomic mass is 16.5. The number of amides is 1. The van der Waals surface area contributed by atoms with Crippen LogP contribution in [-0.2, 0) is 9.47 Å². The van der Waals surface area contributed by atoms with E-state index < -0.39 is 0 Å². The molecule has 3 fully saturated rings. The van der Waals surface area contributed by atoms with Crippen molar-refractivity contribution in [1.29, 1.82) is 0 Å². The topological polar surface area (TPSA) is 55.2 Å². The van der Waals surface area contributed by atoms with Gasteiger partial charge in [-0.2, -0.15) is 0 Å². The summed E-state index contributed by atoms with van der Waals surface area (Å²) in [4.78, 5) is 16.7. The highest BCUT2D eigenvalue weighted by Gasteiger charge is 2.43. The van der Waals surface area contributed by atoms with E-state index in [9.17, 15) is 4.79 Å². The normalized spacial score (nSPS) is 32.4. The highest BCUT2D eigenvalue weighted by Crippen LogP contribution is 2.26. The molecular formula is C16H22N2O4. The third-order valence-corrected chi connectivity index (χ3v) is 4.90. The Morgan fingerprint density at radius 3 is 3.00 bits per heavy atom. The van der Waals surface area contributed by atoms with Crippen molar-refractivity contribution in [1.82, 2.24) is 9.80 Å². The van der Waals surface area contributed by atoms with E-state index in [1.54, 1.807) is 12.1 Å². The van der Waals surface area contributed by atoms with E-state index in [0.717, 1.165) is 39.1 Å². The molecule has 0 radical (unpaired) electrons. The fourth-order valence-corrected chi connectivity index (χ4v) is 3.76. The van der Waals surface area contributed by atoms with Crippen molar-refractivity contribution in [2.75, 3.05) is 39.4 Å². The van der Waals surface area contributed by atoms with Crippen LogP contribution in [0.15, 0.2) is 22.8 Å². The van der Waals surface area contributed by atoms with Gasteiger partial charge in [-0.15, -0.1) is 0 Å². The number of ether oxygens (including phenoxy) is 2. The summed E-state index contributed by atoms with van der Waals surface area (Å²) in [5, 5.41) is 0. The number of fused-ring (bicyclic) bond motifs is 1. The van der Waals surface area contributed by atoms with Crippen LogP contribution in [0, 0.1) is 0 Å². The van der Waals surface area contributed by atoms with Crippen molar-refractivity contribution in [2.45, 2.75) is 31.1 Å². The molecule has 0 spiro atoms. The number of hydrogen-bond acceptors (Lipinski definition) is 5. The second-order valence-corrected chi connectivity index (χ2v) is 6.29. The molecule has 3 saturated heterocycles. The molecular weight excluding hydrogens is 284 g/mol. The van der Waals surface area contributed by atoms with Crippen LogP contribution in [0.3, 0.4) is 0 Å². The first-order valence-corrected chi connectivity index (χ1v) is 8.11. The van der Waals surface area contributed by atoms with Gasteiger partial charge in [0.2, 0.25) is 0 Å². The lowest BCUT2D eigenvalue weighted by Gasteiger charge is -2.37. The van der Waals surface area contributed by atoms with Gasteiger partial charge >= 0.3 is 0 Å². The zero-order chi connectivity index (χ0) is 14.9. The van der Waals surface area contributed by atoms with Gasteiger partial charge in [0.1, 0.15) is 0 Å². The largest absolute Gasteiger partial charge is 0.459 e. The van der Waals surface area contributed by atoms with Gasteiger partial charge in [0, 0.05) is 32.8 Å². The number of morpholine rings is 1. The third-order valence-electron chi connectivity index (χ3n) is 4.90. The molecule has 3 aliphatic heterocycles. The standard InChI is InChI=1S/C16H22N2O4/c19-16(14-4-2-7-21-14)18-10-13-15(11-18)22-8-5-17(13)9-12-3-1-6-20-12/h2,4,7,12-13,15H,1,3,5-6,8-11H2/t12-,13-,15+/m1/s1. The second kappa shape index (κ2) is 6.02. The maximum absolute atomic E-state index is 12.4. The highest BCUT2D eigenvalue weighted by molar-refractivity contribution is 5.91. The molecule has 6 nitrogen and oxygen atoms in total. The van der Waals surface area contributed by atoms with Crippen molar-refractivity contribution in [2.24, 2.45) is 0 Å². The summed E-state index contributed by atoms with van der Waals surface area (Å²) < 4.78 is 16.9. The van der Waals surface area contributed by atoms with Gasteiger partial charge < -0.3 is 18.8 Å². The fraction of sp³-hybridized carbons (Fsp3) is 0.688. The Balaban J connectivity index is 1.42. The number of hydrogen-bond donors (Lipinski definition) is 0. The minimum absolute atomic E-state index is 0.0416. The first-order chi connectivity index (χ1) is 10.8. The van der Waals surface area contributed by atoms with Gasteiger partial charge in [-0.05, 0) is 25.0 Å². The first kappa shape index (κ1) is 14.2. The predicted octanol–water partition coefficient (Wildman–Crippen LogP) is 0.984. The Kier molecular flexibility index (Phi) is 3.90. The maximum Gasteiger partial charge on any atom is 0.289 e. The number of carbonyl (C=O) groups is 1. The summed E-state index contributed by atoms with van der Waals surface area (Å²) in [6.07, 6.45) is 4.29. The Bertz CT molecular complexity index is 512. The maximum atomic E-state index is 12.4. The van der Waals surface area contributed by atoms with E-state index in [2.05, 4.69) is 4.90 Å². The van der Waals surface area contributed by atoms with Crippen molar-refractivity contribution in [3.63, 3.8) is 0 Å². The van der Waals surface area contributed by atoms with Crippen molar-refractivity contribution in [3.05, 3.63) is 24.2 Å². The molecule has 6 heteroatoms. The minimum Gasteiger partial charge on any atom is -0.459 e. The Morgan fingerprint density at radius 1 is 1.27 bits per heavy atom. The van der Waals surface area contributed by atoms with Crippen LogP contribution in [0.5, 0.6) is 0 Å². The summed E-state index contributed by atoms with van der Waals surface area (Å²) in [6, 6.07) is 3.74. The molecule has 1 amide bonds. The lowest BCUT2D eigenvalue weighted by molar-refractivity contribution is -0.0614. The summed E-state index contributed by atoms with van der Waals surface area (Å²) in [5.41, 5.74) is 0. The Labute approximate surface area is 129 Å². The van der Waals surface area contributed by atoms with Crippen molar-refractivity contribution >= 4 is 5.91 Å². The average molecular weight is 306 g/mol. The summed E-state index contributed by atoms with van der Waals surface area (Å²) >= 11 is 0. The molecule has 4 heterocycles. The number of furan rings is 1. The van der Waals surface area contributed by atoms with Crippen LogP contribution < -0.4 is 0 Å². The van der Waals surface area contributed by atoms with Crippen molar-refractivity contribution in [3.8, 4) is 0 Å². The van der Waals surface area contributed by atoms with Gasteiger partial charge in [-0.3, -0.25) is 9.69 Å². The van der Waals surface area contributed by atoms with Crippen LogP contribution in [0.1, 0.15) is 23.4 Å². The molecule has 0 N–H and O–H groups in total. The van der Waals surface area contributed by atoms with Crippen LogP contribution in [0.25, 0.3) is 0 Å². The van der Waals surface area contributed by atoms with Crippen molar-refractivity contribution < 1.29 is 18.7 Å². The van der Waals surface area contributed by atoms with Gasteiger partial charge in [-0.25, -0.2) is 0 Å². The summed E-state index contributed by atoms with van der Waals surface area (Å²) in [7, 11) is 0. The molecule has 0 saturated carbocycles. The zero-order valence-corrected chi connectivity index (χ0v) is 12.6. The molecule has 0 aliphatic carbocycles. The number of carbonyl (C=O) groups excluding carboxylic acids is 1. The molecule has 4 rings (SSSR count). The van der Waals surface area contributed by atoms with Gasteiger partial charge in [0.05, 0.1) is 31.1 Å². The van der Waals surface area contributed by atoms with Crippen LogP contribution >= 0.6 is 0 Å². The fourth-order valence-electron chi connectivity index (χ4n) is 3.76. The molecule has 22 heavy (non-hydrogen) atoms. The van der Waals surface area contributed by atoms with Gasteiger partial charge in [0.15, 0.2) is 5.76 Å². The molecule has 0 bridgehead atoms. The molecule has 120 valence electrons. The van der Waals surface area contributed by atoms with Gasteiger partial charge in [0.25, 0.3) is 5.91 Å². The van der Waals surface area contributed by atoms with Gasteiger partial charge in [-0.1, -0.05) is 0 Å². The van der Waals surface area contributed by atoms with E-state index in [-0.39, 0.29) is 18.1 Å². The Morgan fingerprint density at radius 2 is 2.23 bits per heavy atom.